The van der Waals surface area contributed by atoms with E-state index in [9.17, 15) is 0 Å². The Bertz CT molecular complexity index is 377. The van der Waals surface area contributed by atoms with Gasteiger partial charge in [0.2, 0.25) is 0 Å². The van der Waals surface area contributed by atoms with Crippen molar-refractivity contribution < 1.29 is 0 Å². The first-order valence-corrected chi connectivity index (χ1v) is 7.53. The molecule has 0 radical (unpaired) electrons. The summed E-state index contributed by atoms with van der Waals surface area (Å²) in [4.78, 5) is 0. The van der Waals surface area contributed by atoms with E-state index in [1.165, 1.54) is 19.3 Å². The molecule has 1 saturated carbocycles. The smallest absolute Gasteiger partial charge is 0.165 e. The normalized spacial score (nSPS) is 27.9. The average molecular weight is 265 g/mol. The maximum atomic E-state index is 4.22. The SMILES string of the molecule is CC(C)CNCc1nnnn1C1CC(C)CC(C)C1. The lowest BCUT2D eigenvalue weighted by Crippen LogP contribution is -2.27. The van der Waals surface area contributed by atoms with Gasteiger partial charge in [0.1, 0.15) is 0 Å². The Morgan fingerprint density at radius 2 is 1.89 bits per heavy atom. The Morgan fingerprint density at radius 1 is 1.21 bits per heavy atom. The molecule has 5 heteroatoms. The molecule has 1 aliphatic rings. The maximum Gasteiger partial charge on any atom is 0.165 e. The molecule has 19 heavy (non-hydrogen) atoms. The lowest BCUT2D eigenvalue weighted by molar-refractivity contribution is 0.204. The number of rotatable bonds is 5. The van der Waals surface area contributed by atoms with Crippen LogP contribution in [-0.4, -0.2) is 26.8 Å². The molecule has 108 valence electrons. The fourth-order valence-electron chi connectivity index (χ4n) is 3.19. The van der Waals surface area contributed by atoms with Crippen LogP contribution in [-0.2, 0) is 6.54 Å². The number of hydrogen-bond acceptors (Lipinski definition) is 4. The van der Waals surface area contributed by atoms with Crippen LogP contribution in [0.3, 0.4) is 0 Å². The van der Waals surface area contributed by atoms with E-state index in [2.05, 4.69) is 53.2 Å². The number of tetrazole rings is 1. The molecule has 1 aromatic rings. The van der Waals surface area contributed by atoms with Crippen molar-refractivity contribution in [3.8, 4) is 0 Å². The summed E-state index contributed by atoms with van der Waals surface area (Å²) in [6, 6.07) is 0.476. The molecule has 0 amide bonds. The van der Waals surface area contributed by atoms with Crippen molar-refractivity contribution in [2.75, 3.05) is 6.54 Å². The summed E-state index contributed by atoms with van der Waals surface area (Å²) in [5.74, 6) is 3.18. The molecule has 0 aromatic carbocycles. The minimum absolute atomic E-state index is 0.476. The molecule has 1 heterocycles. The fraction of sp³-hybridized carbons (Fsp3) is 0.929. The minimum atomic E-state index is 0.476. The van der Waals surface area contributed by atoms with Gasteiger partial charge < -0.3 is 5.32 Å². The van der Waals surface area contributed by atoms with Gasteiger partial charge in [-0.05, 0) is 54.0 Å². The molecule has 2 atom stereocenters. The van der Waals surface area contributed by atoms with E-state index in [0.717, 1.165) is 30.7 Å². The second-order valence-corrected chi connectivity index (χ2v) is 6.64. The zero-order valence-electron chi connectivity index (χ0n) is 12.6. The first kappa shape index (κ1) is 14.4. The van der Waals surface area contributed by atoms with Crippen molar-refractivity contribution in [3.63, 3.8) is 0 Å². The summed E-state index contributed by atoms with van der Waals surface area (Å²) < 4.78 is 2.06. The summed E-state index contributed by atoms with van der Waals surface area (Å²) in [5, 5.41) is 15.7. The van der Waals surface area contributed by atoms with Crippen LogP contribution in [0.4, 0.5) is 0 Å². The van der Waals surface area contributed by atoms with Crippen LogP contribution < -0.4 is 5.32 Å². The molecule has 2 unspecified atom stereocenters. The first-order valence-electron chi connectivity index (χ1n) is 7.53. The molecule has 0 spiro atoms. The Labute approximate surface area is 116 Å². The molecular weight excluding hydrogens is 238 g/mol. The van der Waals surface area contributed by atoms with E-state index in [4.69, 9.17) is 0 Å². The molecule has 1 aromatic heterocycles. The van der Waals surface area contributed by atoms with Gasteiger partial charge in [-0.3, -0.25) is 0 Å². The molecular formula is C14H27N5. The second-order valence-electron chi connectivity index (χ2n) is 6.64. The third kappa shape index (κ3) is 4.00. The molecule has 0 bridgehead atoms. The third-order valence-electron chi connectivity index (χ3n) is 3.90. The molecule has 1 aliphatic carbocycles. The number of aromatic nitrogens is 4. The largest absolute Gasteiger partial charge is 0.310 e. The van der Waals surface area contributed by atoms with Gasteiger partial charge >= 0.3 is 0 Å². The molecule has 5 nitrogen and oxygen atoms in total. The number of hydrogen-bond donors (Lipinski definition) is 1. The summed E-state index contributed by atoms with van der Waals surface area (Å²) in [7, 11) is 0. The van der Waals surface area contributed by atoms with E-state index in [0.29, 0.717) is 12.0 Å². The van der Waals surface area contributed by atoms with E-state index < -0.39 is 0 Å². The molecule has 1 N–H and O–H groups in total. The van der Waals surface area contributed by atoms with Gasteiger partial charge in [0.15, 0.2) is 5.82 Å². The van der Waals surface area contributed by atoms with Crippen molar-refractivity contribution in [1.82, 2.24) is 25.5 Å². The zero-order chi connectivity index (χ0) is 13.8. The Kier molecular flexibility index (Phi) is 4.91. The second kappa shape index (κ2) is 6.46. The maximum absolute atomic E-state index is 4.22. The zero-order valence-corrected chi connectivity index (χ0v) is 12.6. The highest BCUT2D eigenvalue weighted by Crippen LogP contribution is 2.35. The molecule has 0 saturated heterocycles. The van der Waals surface area contributed by atoms with E-state index in [-0.39, 0.29) is 0 Å². The van der Waals surface area contributed by atoms with E-state index in [1.54, 1.807) is 0 Å². The van der Waals surface area contributed by atoms with Crippen LogP contribution in [0.5, 0.6) is 0 Å². The quantitative estimate of drug-likeness (QED) is 0.888. The fourth-order valence-corrected chi connectivity index (χ4v) is 3.19. The van der Waals surface area contributed by atoms with Gasteiger partial charge in [-0.25, -0.2) is 4.68 Å². The van der Waals surface area contributed by atoms with Crippen LogP contribution in [0.25, 0.3) is 0 Å². The van der Waals surface area contributed by atoms with Gasteiger partial charge in [0, 0.05) is 0 Å². The highest BCUT2D eigenvalue weighted by Gasteiger charge is 2.27. The van der Waals surface area contributed by atoms with Crippen molar-refractivity contribution >= 4 is 0 Å². The van der Waals surface area contributed by atoms with Crippen LogP contribution in [0.2, 0.25) is 0 Å². The Morgan fingerprint density at radius 3 is 2.53 bits per heavy atom. The van der Waals surface area contributed by atoms with Gasteiger partial charge in [-0.1, -0.05) is 27.7 Å². The number of nitrogens with one attached hydrogen (secondary N) is 1. The standard InChI is InChI=1S/C14H27N5/c1-10(2)8-15-9-14-16-17-18-19(14)13-6-11(3)5-12(4)7-13/h10-13,15H,5-9H2,1-4H3. The monoisotopic (exact) mass is 265 g/mol. The van der Waals surface area contributed by atoms with E-state index >= 15 is 0 Å². The molecule has 1 fully saturated rings. The Hall–Kier alpha value is -0.970. The van der Waals surface area contributed by atoms with Crippen molar-refractivity contribution in [3.05, 3.63) is 5.82 Å². The lowest BCUT2D eigenvalue weighted by atomic mass is 9.80. The summed E-state index contributed by atoms with van der Waals surface area (Å²) in [6.07, 6.45) is 3.73. The predicted molar refractivity (Wildman–Crippen MR) is 75.6 cm³/mol. The van der Waals surface area contributed by atoms with Crippen LogP contribution >= 0.6 is 0 Å². The van der Waals surface area contributed by atoms with Gasteiger partial charge in [-0.2, -0.15) is 0 Å². The third-order valence-corrected chi connectivity index (χ3v) is 3.90. The first-order chi connectivity index (χ1) is 9.06. The molecule has 0 aliphatic heterocycles. The Balaban J connectivity index is 1.98. The van der Waals surface area contributed by atoms with Crippen molar-refractivity contribution in [2.24, 2.45) is 17.8 Å². The van der Waals surface area contributed by atoms with Crippen molar-refractivity contribution in [2.45, 2.75) is 59.5 Å². The van der Waals surface area contributed by atoms with E-state index in [1.807, 2.05) is 0 Å². The van der Waals surface area contributed by atoms with Crippen molar-refractivity contribution in [1.29, 1.82) is 0 Å². The van der Waals surface area contributed by atoms with Gasteiger partial charge in [0.25, 0.3) is 0 Å². The minimum Gasteiger partial charge on any atom is -0.310 e. The summed E-state index contributed by atoms with van der Waals surface area (Å²) in [6.45, 7) is 10.9. The van der Waals surface area contributed by atoms with Gasteiger partial charge in [-0.15, -0.1) is 5.10 Å². The molecule has 2 rings (SSSR count). The summed E-state index contributed by atoms with van der Waals surface area (Å²) >= 11 is 0. The lowest BCUT2D eigenvalue weighted by Gasteiger charge is -2.31. The average Bonchev–Trinajstić information content (AvgIpc) is 2.75. The van der Waals surface area contributed by atoms with Gasteiger partial charge in [0.05, 0.1) is 12.6 Å². The van der Waals surface area contributed by atoms with Crippen LogP contribution in [0, 0.1) is 17.8 Å². The summed E-state index contributed by atoms with van der Waals surface area (Å²) in [5.41, 5.74) is 0. The highest BCUT2D eigenvalue weighted by atomic mass is 15.6. The van der Waals surface area contributed by atoms with Crippen LogP contribution in [0.1, 0.15) is 58.8 Å². The highest BCUT2D eigenvalue weighted by molar-refractivity contribution is 4.87. The predicted octanol–water partition coefficient (Wildman–Crippen LogP) is 2.42. The topological polar surface area (TPSA) is 55.6 Å². The van der Waals surface area contributed by atoms with Crippen LogP contribution in [0.15, 0.2) is 0 Å². The number of nitrogens with zero attached hydrogens (tertiary/aromatic N) is 4.